The van der Waals surface area contributed by atoms with Crippen molar-refractivity contribution >= 4 is 39.3 Å². The Morgan fingerprint density at radius 3 is 2.50 bits per heavy atom. The summed E-state index contributed by atoms with van der Waals surface area (Å²) in [6.45, 7) is 5.42. The van der Waals surface area contributed by atoms with E-state index in [1.54, 1.807) is 48.5 Å². The summed E-state index contributed by atoms with van der Waals surface area (Å²) in [4.78, 5) is 24.0. The normalized spacial score (nSPS) is 15.2. The quantitative estimate of drug-likeness (QED) is 0.361. The van der Waals surface area contributed by atoms with Gasteiger partial charge in [-0.2, -0.15) is 4.31 Å². The van der Waals surface area contributed by atoms with Crippen LogP contribution in [0.15, 0.2) is 58.6 Å². The second-order valence-electron chi connectivity index (χ2n) is 8.76. The maximum absolute atomic E-state index is 13.2. The number of carbonyl (C=O) groups excluding carboxylic acids is 2. The summed E-state index contributed by atoms with van der Waals surface area (Å²) in [7, 11) is -3.67. The molecule has 2 heterocycles. The first-order valence-electron chi connectivity index (χ1n) is 12.2. The zero-order valence-corrected chi connectivity index (χ0v) is 22.8. The largest absolute Gasteiger partial charge is 0.379 e. The third-order valence-electron chi connectivity index (χ3n) is 6.18. The van der Waals surface area contributed by atoms with E-state index in [4.69, 9.17) is 10.5 Å². The number of benzene rings is 2. The number of hydrogen-bond donors (Lipinski definition) is 2. The zero-order valence-electron chi connectivity index (χ0n) is 21.2. The van der Waals surface area contributed by atoms with Crippen LogP contribution in [-0.4, -0.2) is 71.4 Å². The molecular weight excluding hydrogens is 528 g/mol. The molecule has 2 aromatic carbocycles. The third-order valence-corrected chi connectivity index (χ3v) is 9.02. The van der Waals surface area contributed by atoms with Gasteiger partial charge in [0.25, 0.3) is 0 Å². The van der Waals surface area contributed by atoms with Crippen molar-refractivity contribution in [2.24, 2.45) is 5.73 Å². The van der Waals surface area contributed by atoms with Crippen molar-refractivity contribution < 1.29 is 22.7 Å². The minimum Gasteiger partial charge on any atom is -0.379 e. The van der Waals surface area contributed by atoms with Crippen molar-refractivity contribution in [2.75, 3.05) is 37.4 Å². The lowest BCUT2D eigenvalue weighted by Gasteiger charge is -2.26. The number of thioether (sulfide) groups is 1. The number of ether oxygens (including phenoxy) is 1. The summed E-state index contributed by atoms with van der Waals surface area (Å²) < 4.78 is 35.0. The molecule has 1 aliphatic rings. The molecule has 0 radical (unpaired) electrons. The van der Waals surface area contributed by atoms with Crippen molar-refractivity contribution in [3.8, 4) is 11.4 Å². The lowest BCUT2D eigenvalue weighted by Crippen LogP contribution is -2.40. The van der Waals surface area contributed by atoms with Crippen LogP contribution in [0.2, 0.25) is 0 Å². The van der Waals surface area contributed by atoms with Gasteiger partial charge in [-0.15, -0.1) is 10.2 Å². The summed E-state index contributed by atoms with van der Waals surface area (Å²) in [6, 6.07) is 13.0. The number of primary amides is 1. The number of morpholine rings is 1. The van der Waals surface area contributed by atoms with E-state index >= 15 is 0 Å². The van der Waals surface area contributed by atoms with E-state index in [2.05, 4.69) is 15.5 Å². The lowest BCUT2D eigenvalue weighted by molar-refractivity contribution is -0.113. The van der Waals surface area contributed by atoms with Gasteiger partial charge in [-0.3, -0.25) is 14.2 Å². The highest BCUT2D eigenvalue weighted by molar-refractivity contribution is 7.99. The molecule has 38 heavy (non-hydrogen) atoms. The molecule has 202 valence electrons. The van der Waals surface area contributed by atoms with Gasteiger partial charge in [0, 0.05) is 35.9 Å². The van der Waals surface area contributed by atoms with Crippen LogP contribution >= 0.6 is 11.8 Å². The molecule has 1 aromatic heterocycles. The van der Waals surface area contributed by atoms with Crippen LogP contribution < -0.4 is 11.1 Å². The van der Waals surface area contributed by atoms with Gasteiger partial charge in [0.05, 0.1) is 23.9 Å². The Hall–Kier alpha value is -3.26. The molecule has 0 saturated carbocycles. The van der Waals surface area contributed by atoms with E-state index in [-0.39, 0.29) is 22.6 Å². The Morgan fingerprint density at radius 1 is 1.13 bits per heavy atom. The van der Waals surface area contributed by atoms with Crippen molar-refractivity contribution in [3.63, 3.8) is 0 Å². The highest BCUT2D eigenvalue weighted by atomic mass is 32.2. The zero-order chi connectivity index (χ0) is 27.3. The summed E-state index contributed by atoms with van der Waals surface area (Å²) >= 11 is 1.24. The maximum Gasteiger partial charge on any atom is 0.248 e. The monoisotopic (exact) mass is 558 g/mol. The van der Waals surface area contributed by atoms with Gasteiger partial charge in [-0.05, 0) is 49.7 Å². The predicted molar refractivity (Wildman–Crippen MR) is 144 cm³/mol. The van der Waals surface area contributed by atoms with Crippen LogP contribution in [-0.2, 0) is 19.6 Å². The van der Waals surface area contributed by atoms with Crippen LogP contribution in [0.25, 0.3) is 11.4 Å². The number of nitrogens with one attached hydrogen (secondary N) is 1. The second kappa shape index (κ2) is 12.1. The summed E-state index contributed by atoms with van der Waals surface area (Å²) in [5.41, 5.74) is 6.78. The van der Waals surface area contributed by atoms with Gasteiger partial charge in [0.15, 0.2) is 11.0 Å². The molecule has 0 spiro atoms. The van der Waals surface area contributed by atoms with E-state index in [9.17, 15) is 18.0 Å². The standard InChI is InChI=1S/C25H30N6O5S2/c1-3-17(2)31-24(19-5-4-6-21(15-19)38(34,35)30-11-13-36-14-12-30)28-29-25(31)37-16-22(32)27-20-9-7-18(8-10-20)23(26)33/h4-10,15,17H,3,11-14,16H2,1-2H3,(H2,26,33)(H,27,32)/t17-/m0/s1. The molecule has 1 atom stereocenters. The summed E-state index contributed by atoms with van der Waals surface area (Å²) in [5, 5.41) is 12.0. The van der Waals surface area contributed by atoms with Crippen LogP contribution in [0.5, 0.6) is 0 Å². The Bertz CT molecular complexity index is 1400. The number of nitrogens with zero attached hydrogens (tertiary/aromatic N) is 4. The predicted octanol–water partition coefficient (Wildman–Crippen LogP) is 2.77. The highest BCUT2D eigenvalue weighted by Crippen LogP contribution is 2.31. The maximum atomic E-state index is 13.2. The molecule has 0 bridgehead atoms. The van der Waals surface area contributed by atoms with E-state index in [0.717, 1.165) is 6.42 Å². The Morgan fingerprint density at radius 2 is 1.84 bits per heavy atom. The molecule has 3 aromatic rings. The fourth-order valence-corrected chi connectivity index (χ4v) is 6.22. The molecular formula is C25H30N6O5S2. The molecule has 11 nitrogen and oxygen atoms in total. The average molecular weight is 559 g/mol. The Balaban J connectivity index is 1.53. The molecule has 0 unspecified atom stereocenters. The van der Waals surface area contributed by atoms with E-state index in [1.165, 1.54) is 16.1 Å². The SMILES string of the molecule is CC[C@H](C)n1c(SCC(=O)Nc2ccc(C(N)=O)cc2)nnc1-c1cccc(S(=O)(=O)N2CCOCC2)c1. The molecule has 0 aliphatic carbocycles. The van der Waals surface area contributed by atoms with E-state index in [1.807, 2.05) is 18.4 Å². The van der Waals surface area contributed by atoms with Gasteiger partial charge in [-0.25, -0.2) is 8.42 Å². The van der Waals surface area contributed by atoms with Gasteiger partial charge in [-0.1, -0.05) is 30.8 Å². The fraction of sp³-hybridized carbons (Fsp3) is 0.360. The van der Waals surface area contributed by atoms with Gasteiger partial charge in [0.1, 0.15) is 0 Å². The van der Waals surface area contributed by atoms with Gasteiger partial charge in [0.2, 0.25) is 21.8 Å². The number of rotatable bonds is 10. The Labute approximate surface area is 225 Å². The average Bonchev–Trinajstić information content (AvgIpc) is 3.36. The van der Waals surface area contributed by atoms with Crippen LogP contribution in [0.4, 0.5) is 5.69 Å². The van der Waals surface area contributed by atoms with E-state index < -0.39 is 15.9 Å². The highest BCUT2D eigenvalue weighted by Gasteiger charge is 2.27. The first kappa shape index (κ1) is 27.8. The number of nitrogens with two attached hydrogens (primary N) is 1. The molecule has 4 rings (SSSR count). The second-order valence-corrected chi connectivity index (χ2v) is 11.6. The molecule has 1 saturated heterocycles. The summed E-state index contributed by atoms with van der Waals surface area (Å²) in [5.74, 6) is -0.177. The van der Waals surface area contributed by atoms with Crippen LogP contribution in [0.1, 0.15) is 36.7 Å². The smallest absolute Gasteiger partial charge is 0.248 e. The number of carbonyl (C=O) groups is 2. The first-order chi connectivity index (χ1) is 18.2. The van der Waals surface area contributed by atoms with Crippen LogP contribution in [0, 0.1) is 0 Å². The third kappa shape index (κ3) is 6.23. The van der Waals surface area contributed by atoms with Crippen molar-refractivity contribution in [1.82, 2.24) is 19.1 Å². The Kier molecular flexibility index (Phi) is 8.82. The minimum absolute atomic E-state index is 0.00594. The fourth-order valence-electron chi connectivity index (χ4n) is 3.93. The minimum atomic E-state index is -3.67. The van der Waals surface area contributed by atoms with Gasteiger partial charge < -0.3 is 15.8 Å². The lowest BCUT2D eigenvalue weighted by atomic mass is 10.2. The van der Waals surface area contributed by atoms with E-state index in [0.29, 0.717) is 54.1 Å². The topological polar surface area (TPSA) is 150 Å². The summed E-state index contributed by atoms with van der Waals surface area (Å²) in [6.07, 6.45) is 0.781. The van der Waals surface area contributed by atoms with Crippen molar-refractivity contribution in [1.29, 1.82) is 0 Å². The molecule has 3 N–H and O–H groups in total. The van der Waals surface area contributed by atoms with Crippen LogP contribution in [0.3, 0.4) is 0 Å². The molecule has 13 heteroatoms. The number of sulfonamides is 1. The number of hydrogen-bond acceptors (Lipinski definition) is 8. The first-order valence-corrected chi connectivity index (χ1v) is 14.6. The van der Waals surface area contributed by atoms with Crippen molar-refractivity contribution in [2.45, 2.75) is 36.4 Å². The number of aromatic nitrogens is 3. The molecule has 2 amide bonds. The molecule has 1 fully saturated rings. The number of amides is 2. The van der Waals surface area contributed by atoms with Gasteiger partial charge >= 0.3 is 0 Å². The number of anilines is 1. The molecule has 1 aliphatic heterocycles. The van der Waals surface area contributed by atoms with Crippen molar-refractivity contribution in [3.05, 3.63) is 54.1 Å².